The van der Waals surface area contributed by atoms with E-state index in [4.69, 9.17) is 9.47 Å². The highest BCUT2D eigenvalue weighted by atomic mass is 16.6. The minimum absolute atomic E-state index is 0.197. The number of carbonyl (C=O) groups is 2. The summed E-state index contributed by atoms with van der Waals surface area (Å²) in [5.41, 5.74) is 6.56. The fourth-order valence-corrected chi connectivity index (χ4v) is 5.09. The molecule has 1 aromatic heterocycles. The first-order chi connectivity index (χ1) is 18.6. The van der Waals surface area contributed by atoms with Crippen LogP contribution in [0, 0.1) is 0 Å². The van der Waals surface area contributed by atoms with Gasteiger partial charge in [-0.05, 0) is 99.0 Å². The molecule has 7 nitrogen and oxygen atoms in total. The van der Waals surface area contributed by atoms with E-state index in [0.29, 0.717) is 24.9 Å². The van der Waals surface area contributed by atoms with Crippen LogP contribution in [0.15, 0.2) is 60.9 Å². The van der Waals surface area contributed by atoms with Gasteiger partial charge < -0.3 is 19.3 Å². The molecule has 206 valence electrons. The van der Waals surface area contributed by atoms with E-state index in [1.165, 1.54) is 18.2 Å². The van der Waals surface area contributed by atoms with Gasteiger partial charge >= 0.3 is 12.1 Å². The van der Waals surface area contributed by atoms with Gasteiger partial charge in [0, 0.05) is 37.4 Å². The lowest BCUT2D eigenvalue weighted by Gasteiger charge is -2.39. The number of nitrogens with zero attached hydrogens (tertiary/aromatic N) is 3. The zero-order valence-electron chi connectivity index (χ0n) is 23.9. The summed E-state index contributed by atoms with van der Waals surface area (Å²) in [6.07, 6.45) is 5.90. The lowest BCUT2D eigenvalue weighted by atomic mass is 9.88. The second-order valence-corrected chi connectivity index (χ2v) is 11.0. The second kappa shape index (κ2) is 11.9. The Labute approximate surface area is 231 Å². The quantitative estimate of drug-likeness (QED) is 0.319. The number of hydrogen-bond donors (Lipinski definition) is 0. The molecule has 0 N–H and O–H groups in total. The number of carbonyl (C=O) groups excluding carboxylic acids is 2. The molecule has 4 rings (SSSR count). The molecule has 2 aromatic carbocycles. The summed E-state index contributed by atoms with van der Waals surface area (Å²) in [6.45, 7) is 8.35. The van der Waals surface area contributed by atoms with Crippen molar-refractivity contribution in [2.24, 2.45) is 0 Å². The van der Waals surface area contributed by atoms with Crippen molar-refractivity contribution >= 4 is 23.4 Å². The summed E-state index contributed by atoms with van der Waals surface area (Å²) in [5.74, 6) is -0.389. The van der Waals surface area contributed by atoms with Crippen molar-refractivity contribution < 1.29 is 19.1 Å². The summed E-state index contributed by atoms with van der Waals surface area (Å²) >= 11 is 0. The van der Waals surface area contributed by atoms with Crippen molar-refractivity contribution in [3.8, 4) is 0 Å². The summed E-state index contributed by atoms with van der Waals surface area (Å²) in [6, 6.07) is 16.6. The Morgan fingerprint density at radius 3 is 2.46 bits per heavy atom. The molecular formula is C32H39N3O4. The molecule has 7 heteroatoms. The molecule has 0 spiro atoms. The predicted octanol–water partition coefficient (Wildman–Crippen LogP) is 6.67. The second-order valence-electron chi connectivity index (χ2n) is 11.0. The number of aryl methyl sites for hydroxylation is 2. The third kappa shape index (κ3) is 6.59. The standard InChI is InChI=1S/C32H39N3O4/c1-7-22-8-11-25(12-9-22)34(5)26-13-14-27-23(20-26)17-19-35(31(37)39-32(2,3)4)29(27)15-10-24-21-33-18-16-28(24)30(36)38-6/h8-9,11-14,16,18,20-21,29H,7,10,15,17,19H2,1-6H3/t29-/m1/s1. The number of hydrogen-bond acceptors (Lipinski definition) is 6. The van der Waals surface area contributed by atoms with Gasteiger partial charge in [-0.25, -0.2) is 9.59 Å². The topological polar surface area (TPSA) is 72.0 Å². The lowest BCUT2D eigenvalue weighted by molar-refractivity contribution is 0.0132. The van der Waals surface area contributed by atoms with E-state index >= 15 is 0 Å². The number of amides is 1. The number of fused-ring (bicyclic) bond motifs is 1. The lowest BCUT2D eigenvalue weighted by Crippen LogP contribution is -2.43. The molecule has 0 aliphatic carbocycles. The van der Waals surface area contributed by atoms with Crippen LogP contribution < -0.4 is 4.90 Å². The molecule has 0 fully saturated rings. The first-order valence-electron chi connectivity index (χ1n) is 13.6. The molecule has 0 bridgehead atoms. The van der Waals surface area contributed by atoms with Gasteiger partial charge in [-0.3, -0.25) is 4.98 Å². The van der Waals surface area contributed by atoms with Crippen molar-refractivity contribution in [3.05, 3.63) is 88.7 Å². The number of aromatic nitrogens is 1. The molecule has 1 aliphatic rings. The maximum atomic E-state index is 13.3. The number of methoxy groups -OCH3 is 1. The van der Waals surface area contributed by atoms with E-state index < -0.39 is 5.60 Å². The van der Waals surface area contributed by atoms with E-state index in [1.54, 1.807) is 18.5 Å². The number of ether oxygens (including phenoxy) is 2. The first-order valence-corrected chi connectivity index (χ1v) is 13.6. The van der Waals surface area contributed by atoms with Crippen molar-refractivity contribution in [3.63, 3.8) is 0 Å². The van der Waals surface area contributed by atoms with E-state index in [-0.39, 0.29) is 18.1 Å². The molecule has 0 saturated carbocycles. The average Bonchev–Trinajstić information content (AvgIpc) is 2.93. The molecule has 1 aliphatic heterocycles. The van der Waals surface area contributed by atoms with Crippen molar-refractivity contribution in [2.75, 3.05) is 25.6 Å². The van der Waals surface area contributed by atoms with Gasteiger partial charge in [0.25, 0.3) is 0 Å². The van der Waals surface area contributed by atoms with E-state index in [9.17, 15) is 9.59 Å². The summed E-state index contributed by atoms with van der Waals surface area (Å²) in [7, 11) is 3.45. The SMILES string of the molecule is CCc1ccc(N(C)c2ccc3c(c2)CCN(C(=O)OC(C)(C)C)[C@@H]3CCc2cnccc2C(=O)OC)cc1. The van der Waals surface area contributed by atoms with Crippen LogP contribution in [0.5, 0.6) is 0 Å². The molecule has 1 amide bonds. The van der Waals surface area contributed by atoms with Gasteiger partial charge in [0.2, 0.25) is 0 Å². The van der Waals surface area contributed by atoms with E-state index in [2.05, 4.69) is 66.3 Å². The minimum Gasteiger partial charge on any atom is -0.465 e. The van der Waals surface area contributed by atoms with Crippen LogP contribution in [0.2, 0.25) is 0 Å². The maximum absolute atomic E-state index is 13.3. The number of rotatable bonds is 7. The number of benzene rings is 2. The Balaban J connectivity index is 1.64. The highest BCUT2D eigenvalue weighted by Crippen LogP contribution is 2.37. The van der Waals surface area contributed by atoms with Crippen LogP contribution in [-0.4, -0.2) is 48.2 Å². The third-order valence-electron chi connectivity index (χ3n) is 7.23. The Bertz CT molecular complexity index is 1310. The fraction of sp³-hybridized carbons (Fsp3) is 0.406. The molecular weight excluding hydrogens is 490 g/mol. The van der Waals surface area contributed by atoms with E-state index in [1.807, 2.05) is 25.7 Å². The number of esters is 1. The molecule has 0 unspecified atom stereocenters. The number of pyridine rings is 1. The van der Waals surface area contributed by atoms with Crippen LogP contribution in [0.3, 0.4) is 0 Å². The summed E-state index contributed by atoms with van der Waals surface area (Å²) in [5, 5.41) is 0. The summed E-state index contributed by atoms with van der Waals surface area (Å²) < 4.78 is 10.8. The average molecular weight is 530 g/mol. The zero-order chi connectivity index (χ0) is 28.2. The highest BCUT2D eigenvalue weighted by Gasteiger charge is 2.34. The zero-order valence-corrected chi connectivity index (χ0v) is 23.9. The number of anilines is 2. The van der Waals surface area contributed by atoms with Gasteiger partial charge in [0.05, 0.1) is 18.7 Å². The Morgan fingerprint density at radius 1 is 1.08 bits per heavy atom. The van der Waals surface area contributed by atoms with Crippen molar-refractivity contribution in [1.29, 1.82) is 0 Å². The molecule has 3 aromatic rings. The fourth-order valence-electron chi connectivity index (χ4n) is 5.09. The molecule has 0 radical (unpaired) electrons. The van der Waals surface area contributed by atoms with Crippen molar-refractivity contribution in [1.82, 2.24) is 9.88 Å². The first kappa shape index (κ1) is 28.1. The van der Waals surface area contributed by atoms with Crippen LogP contribution in [0.25, 0.3) is 0 Å². The van der Waals surface area contributed by atoms with Crippen LogP contribution in [0.4, 0.5) is 16.2 Å². The molecule has 0 saturated heterocycles. The third-order valence-corrected chi connectivity index (χ3v) is 7.23. The normalized spacial score (nSPS) is 14.9. The largest absolute Gasteiger partial charge is 0.465 e. The van der Waals surface area contributed by atoms with Gasteiger partial charge in [0.15, 0.2) is 0 Å². The predicted molar refractivity (Wildman–Crippen MR) is 154 cm³/mol. The Kier molecular flexibility index (Phi) is 8.58. The minimum atomic E-state index is -0.594. The van der Waals surface area contributed by atoms with Crippen LogP contribution >= 0.6 is 0 Å². The molecule has 1 atom stereocenters. The Morgan fingerprint density at radius 2 is 1.79 bits per heavy atom. The van der Waals surface area contributed by atoms with Gasteiger partial charge in [-0.15, -0.1) is 0 Å². The van der Waals surface area contributed by atoms with Gasteiger partial charge in [0.1, 0.15) is 5.60 Å². The van der Waals surface area contributed by atoms with Crippen LogP contribution in [-0.2, 0) is 28.7 Å². The van der Waals surface area contributed by atoms with Crippen molar-refractivity contribution in [2.45, 2.75) is 65.0 Å². The highest BCUT2D eigenvalue weighted by molar-refractivity contribution is 5.90. The smallest absolute Gasteiger partial charge is 0.410 e. The van der Waals surface area contributed by atoms with Gasteiger partial charge in [-0.2, -0.15) is 0 Å². The molecule has 39 heavy (non-hydrogen) atoms. The maximum Gasteiger partial charge on any atom is 0.410 e. The van der Waals surface area contributed by atoms with Gasteiger partial charge in [-0.1, -0.05) is 25.1 Å². The van der Waals surface area contributed by atoms with Crippen LogP contribution in [0.1, 0.15) is 72.8 Å². The molecule has 2 heterocycles. The summed E-state index contributed by atoms with van der Waals surface area (Å²) in [4.78, 5) is 33.9. The van der Waals surface area contributed by atoms with E-state index in [0.717, 1.165) is 35.3 Å². The Hall–Kier alpha value is -3.87. The monoisotopic (exact) mass is 529 g/mol.